The van der Waals surface area contributed by atoms with Gasteiger partial charge in [-0.1, -0.05) is 0 Å². The number of furan rings is 1. The minimum absolute atomic E-state index is 0.123. The molecule has 0 aliphatic carbocycles. The fourth-order valence-corrected chi connectivity index (χ4v) is 1.59. The number of hydrogen-bond donors (Lipinski definition) is 0. The van der Waals surface area contributed by atoms with E-state index in [1.54, 1.807) is 6.92 Å². The van der Waals surface area contributed by atoms with Gasteiger partial charge in [0.05, 0.1) is 18.4 Å². The highest BCUT2D eigenvalue weighted by Gasteiger charge is 2.39. The second-order valence-corrected chi connectivity index (χ2v) is 3.47. The molecular formula is C10H9NO5. The number of aryl methyl sites for hydroxylation is 1. The van der Waals surface area contributed by atoms with Gasteiger partial charge in [0.25, 0.3) is 0 Å². The van der Waals surface area contributed by atoms with Crippen LogP contribution in [0, 0.1) is 6.92 Å². The quantitative estimate of drug-likeness (QED) is 0.421. The topological polar surface area (TPSA) is 76.8 Å². The summed E-state index contributed by atoms with van der Waals surface area (Å²) in [7, 11) is 0. The maximum absolute atomic E-state index is 11.3. The van der Waals surface area contributed by atoms with Crippen LogP contribution in [0.1, 0.15) is 12.0 Å². The van der Waals surface area contributed by atoms with Crippen LogP contribution in [0.25, 0.3) is 0 Å². The summed E-state index contributed by atoms with van der Waals surface area (Å²) < 4.78 is 9.30. The van der Waals surface area contributed by atoms with E-state index in [9.17, 15) is 14.4 Å². The molecule has 1 amide bonds. The Morgan fingerprint density at radius 3 is 2.62 bits per heavy atom. The van der Waals surface area contributed by atoms with Crippen molar-refractivity contribution in [2.75, 3.05) is 4.90 Å². The first-order valence-electron chi connectivity index (χ1n) is 4.64. The molecule has 6 heteroatoms. The van der Waals surface area contributed by atoms with Crippen molar-refractivity contribution < 1.29 is 23.5 Å². The lowest BCUT2D eigenvalue weighted by Gasteiger charge is -2.19. The Morgan fingerprint density at radius 1 is 1.44 bits per heavy atom. The average Bonchev–Trinajstić information content (AvgIpc) is 2.77. The molecule has 2 heterocycles. The van der Waals surface area contributed by atoms with E-state index in [1.165, 1.54) is 12.5 Å². The third kappa shape index (κ3) is 1.58. The van der Waals surface area contributed by atoms with Crippen molar-refractivity contribution >= 4 is 24.0 Å². The van der Waals surface area contributed by atoms with Gasteiger partial charge < -0.3 is 9.15 Å². The molecule has 1 saturated heterocycles. The molecular weight excluding hydrogens is 214 g/mol. The maximum Gasteiger partial charge on any atom is 0.337 e. The maximum atomic E-state index is 11.3. The number of rotatable bonds is 3. The monoisotopic (exact) mass is 223 g/mol. The minimum atomic E-state index is -0.888. The number of cyclic esters (lactones) is 2. The molecule has 0 N–H and O–H groups in total. The SMILES string of the molecule is Cc1cocc1N(C=O)C1CC(=O)OC1=O. The molecule has 1 aliphatic heterocycles. The van der Waals surface area contributed by atoms with E-state index in [2.05, 4.69) is 4.74 Å². The fourth-order valence-electron chi connectivity index (χ4n) is 1.59. The summed E-state index contributed by atoms with van der Waals surface area (Å²) in [4.78, 5) is 34.4. The number of hydrogen-bond acceptors (Lipinski definition) is 5. The van der Waals surface area contributed by atoms with Crippen molar-refractivity contribution in [2.24, 2.45) is 0 Å². The minimum Gasteiger partial charge on any atom is -0.470 e. The second kappa shape index (κ2) is 3.80. The Morgan fingerprint density at radius 2 is 2.19 bits per heavy atom. The first-order valence-corrected chi connectivity index (χ1v) is 4.64. The fraction of sp³-hybridized carbons (Fsp3) is 0.300. The van der Waals surface area contributed by atoms with Crippen molar-refractivity contribution in [1.29, 1.82) is 0 Å². The number of carbonyl (C=O) groups is 3. The van der Waals surface area contributed by atoms with Crippen LogP contribution in [-0.2, 0) is 19.1 Å². The largest absolute Gasteiger partial charge is 0.470 e. The molecule has 1 aromatic heterocycles. The van der Waals surface area contributed by atoms with Crippen LogP contribution in [0.15, 0.2) is 16.9 Å². The lowest BCUT2D eigenvalue weighted by atomic mass is 10.2. The molecule has 1 aliphatic rings. The van der Waals surface area contributed by atoms with Gasteiger partial charge in [0.2, 0.25) is 6.41 Å². The van der Waals surface area contributed by atoms with E-state index >= 15 is 0 Å². The van der Waals surface area contributed by atoms with Gasteiger partial charge in [-0.2, -0.15) is 0 Å². The van der Waals surface area contributed by atoms with E-state index in [0.29, 0.717) is 17.7 Å². The smallest absolute Gasteiger partial charge is 0.337 e. The molecule has 0 aromatic carbocycles. The molecule has 0 bridgehead atoms. The normalized spacial score (nSPS) is 19.7. The van der Waals surface area contributed by atoms with Crippen molar-refractivity contribution in [3.8, 4) is 0 Å². The van der Waals surface area contributed by atoms with Gasteiger partial charge >= 0.3 is 11.9 Å². The van der Waals surface area contributed by atoms with Crippen LogP contribution in [0.3, 0.4) is 0 Å². The van der Waals surface area contributed by atoms with Gasteiger partial charge in [-0.25, -0.2) is 4.79 Å². The van der Waals surface area contributed by atoms with E-state index in [0.717, 1.165) is 4.90 Å². The average molecular weight is 223 g/mol. The van der Waals surface area contributed by atoms with Gasteiger partial charge in [0, 0.05) is 5.56 Å². The number of anilines is 1. The first-order chi connectivity index (χ1) is 7.63. The van der Waals surface area contributed by atoms with Crippen molar-refractivity contribution in [3.05, 3.63) is 18.1 Å². The highest BCUT2D eigenvalue weighted by molar-refractivity contribution is 6.02. The predicted molar refractivity (Wildman–Crippen MR) is 51.5 cm³/mol. The zero-order valence-corrected chi connectivity index (χ0v) is 8.50. The Balaban J connectivity index is 2.30. The van der Waals surface area contributed by atoms with E-state index in [-0.39, 0.29) is 6.42 Å². The third-order valence-electron chi connectivity index (χ3n) is 2.40. The molecule has 2 rings (SSSR count). The number of amides is 1. The second-order valence-electron chi connectivity index (χ2n) is 3.47. The molecule has 1 fully saturated rings. The van der Waals surface area contributed by atoms with Gasteiger partial charge in [-0.3, -0.25) is 14.5 Å². The van der Waals surface area contributed by atoms with Crippen LogP contribution in [-0.4, -0.2) is 24.4 Å². The van der Waals surface area contributed by atoms with Gasteiger partial charge in [0.15, 0.2) is 0 Å². The predicted octanol–water partition coefficient (Wildman–Crippen LogP) is 0.393. The molecule has 0 spiro atoms. The van der Waals surface area contributed by atoms with Crippen LogP contribution in [0.5, 0.6) is 0 Å². The number of esters is 2. The molecule has 0 saturated carbocycles. The standard InChI is InChI=1S/C10H9NO5/c1-6-3-15-4-8(6)11(5-12)7-2-9(13)16-10(7)14/h3-5,7H,2H2,1H3. The van der Waals surface area contributed by atoms with Crippen molar-refractivity contribution in [3.63, 3.8) is 0 Å². The Bertz CT molecular complexity index is 450. The Hall–Kier alpha value is -2.11. The highest BCUT2D eigenvalue weighted by atomic mass is 16.6. The zero-order valence-electron chi connectivity index (χ0n) is 8.50. The summed E-state index contributed by atoms with van der Waals surface area (Å²) >= 11 is 0. The molecule has 1 atom stereocenters. The number of ether oxygens (including phenoxy) is 1. The van der Waals surface area contributed by atoms with E-state index in [1.807, 2.05) is 0 Å². The lowest BCUT2D eigenvalue weighted by Crippen LogP contribution is -2.37. The molecule has 16 heavy (non-hydrogen) atoms. The van der Waals surface area contributed by atoms with Gasteiger partial charge in [0.1, 0.15) is 12.3 Å². The molecule has 1 aromatic rings. The molecule has 6 nitrogen and oxygen atoms in total. The molecule has 1 unspecified atom stereocenters. The molecule has 0 radical (unpaired) electrons. The van der Waals surface area contributed by atoms with Gasteiger partial charge in [-0.15, -0.1) is 0 Å². The van der Waals surface area contributed by atoms with Crippen LogP contribution < -0.4 is 4.90 Å². The van der Waals surface area contributed by atoms with Gasteiger partial charge in [-0.05, 0) is 6.92 Å². The van der Waals surface area contributed by atoms with Crippen LogP contribution >= 0.6 is 0 Å². The van der Waals surface area contributed by atoms with E-state index < -0.39 is 18.0 Å². The summed E-state index contributed by atoms with van der Waals surface area (Å²) in [5.74, 6) is -1.33. The first kappa shape index (κ1) is 10.4. The van der Waals surface area contributed by atoms with Crippen molar-refractivity contribution in [2.45, 2.75) is 19.4 Å². The van der Waals surface area contributed by atoms with Crippen LogP contribution in [0.4, 0.5) is 5.69 Å². The summed E-state index contributed by atoms with van der Waals surface area (Å²) in [5.41, 5.74) is 1.17. The third-order valence-corrected chi connectivity index (χ3v) is 2.40. The lowest BCUT2D eigenvalue weighted by molar-refractivity contribution is -0.152. The summed E-state index contributed by atoms with van der Waals surface area (Å²) in [6.45, 7) is 1.73. The number of nitrogens with zero attached hydrogens (tertiary/aromatic N) is 1. The molecule has 84 valence electrons. The number of carbonyl (C=O) groups excluding carboxylic acids is 3. The Labute approximate surface area is 90.8 Å². The summed E-state index contributed by atoms with van der Waals surface area (Å²) in [6, 6.07) is -0.888. The Kier molecular flexibility index (Phi) is 2.47. The summed E-state index contributed by atoms with van der Waals surface area (Å²) in [5, 5.41) is 0. The van der Waals surface area contributed by atoms with Crippen LogP contribution in [0.2, 0.25) is 0 Å². The highest BCUT2D eigenvalue weighted by Crippen LogP contribution is 2.25. The van der Waals surface area contributed by atoms with E-state index in [4.69, 9.17) is 4.42 Å². The zero-order chi connectivity index (χ0) is 11.7. The summed E-state index contributed by atoms with van der Waals surface area (Å²) in [6.07, 6.45) is 3.17. The van der Waals surface area contributed by atoms with Crippen molar-refractivity contribution in [1.82, 2.24) is 0 Å².